The highest BCUT2D eigenvalue weighted by Crippen LogP contribution is 2.37. The van der Waals surface area contributed by atoms with Crippen molar-refractivity contribution in [1.29, 1.82) is 0 Å². The van der Waals surface area contributed by atoms with Crippen LogP contribution < -0.4 is 15.9 Å². The number of fused-ring (bicyclic) bond motifs is 2. The zero-order valence-electron chi connectivity index (χ0n) is 33.1. The third-order valence-electron chi connectivity index (χ3n) is 10.2. The fourth-order valence-corrected chi connectivity index (χ4v) is 7.62. The van der Waals surface area contributed by atoms with Crippen molar-refractivity contribution in [3.8, 4) is 5.75 Å². The van der Waals surface area contributed by atoms with Crippen molar-refractivity contribution in [2.24, 2.45) is 0 Å². The fourth-order valence-electron chi connectivity index (χ4n) is 7.37. The van der Waals surface area contributed by atoms with Crippen LogP contribution in [-0.2, 0) is 41.6 Å². The first-order valence-corrected chi connectivity index (χ1v) is 19.7. The van der Waals surface area contributed by atoms with E-state index in [9.17, 15) is 37.5 Å². The number of carboxylic acids is 2. The number of aliphatic carboxylic acids is 2. The molecule has 0 aliphatic carbocycles. The van der Waals surface area contributed by atoms with E-state index in [1.165, 1.54) is 0 Å². The molecule has 0 radical (unpaired) electrons. The van der Waals surface area contributed by atoms with E-state index in [2.05, 4.69) is 4.98 Å². The highest BCUT2D eigenvalue weighted by atomic mass is 35.5. The largest absolute Gasteiger partial charge is 0.481 e. The van der Waals surface area contributed by atoms with Crippen LogP contribution in [-0.4, -0.2) is 38.3 Å². The quantitative estimate of drug-likeness (QED) is 0.118. The minimum Gasteiger partial charge on any atom is -0.481 e. The molecule has 0 unspecified atom stereocenters. The minimum atomic E-state index is -4.69. The number of aromatic nitrogens is 2. The minimum absolute atomic E-state index is 0.0549. The van der Waals surface area contributed by atoms with Crippen LogP contribution in [0.15, 0.2) is 113 Å². The number of carbonyl (C=O) groups is 2. The summed E-state index contributed by atoms with van der Waals surface area (Å²) in [6.45, 7) is 5.03. The number of hydrogen-bond acceptors (Lipinski definition) is 5. The first-order valence-electron chi connectivity index (χ1n) is 18.9. The van der Waals surface area contributed by atoms with E-state index in [1.54, 1.807) is 35.8 Å². The van der Waals surface area contributed by atoms with E-state index in [0.717, 1.165) is 56.4 Å². The molecule has 0 saturated carbocycles. The van der Waals surface area contributed by atoms with E-state index in [0.29, 0.717) is 39.7 Å². The predicted octanol–water partition coefficient (Wildman–Crippen LogP) is 10.1. The molecule has 2 aromatic heterocycles. The van der Waals surface area contributed by atoms with Crippen LogP contribution >= 0.6 is 23.2 Å². The van der Waals surface area contributed by atoms with Crippen LogP contribution in [0.2, 0.25) is 10.0 Å². The van der Waals surface area contributed by atoms with Crippen LogP contribution in [0.5, 0.6) is 5.75 Å². The summed E-state index contributed by atoms with van der Waals surface area (Å²) in [6, 6.07) is 29.5. The van der Waals surface area contributed by atoms with Gasteiger partial charge in [-0.25, -0.2) is 4.79 Å². The number of nitrogens with one attached hydrogen (secondary N) is 1. The van der Waals surface area contributed by atoms with Crippen LogP contribution in [0.4, 0.5) is 13.2 Å². The van der Waals surface area contributed by atoms with Crippen LogP contribution in [0.25, 0.3) is 21.8 Å². The van der Waals surface area contributed by atoms with E-state index in [1.807, 2.05) is 80.6 Å². The topological polar surface area (TPSA) is 139 Å². The molecule has 0 bridgehead atoms. The van der Waals surface area contributed by atoms with Crippen molar-refractivity contribution in [2.45, 2.75) is 52.8 Å². The highest BCUT2D eigenvalue weighted by molar-refractivity contribution is 6.30. The molecule has 14 heteroatoms. The van der Waals surface area contributed by atoms with Crippen molar-refractivity contribution in [2.75, 3.05) is 6.61 Å². The summed E-state index contributed by atoms with van der Waals surface area (Å²) in [6.07, 6.45) is -4.12. The molecule has 3 N–H and O–H groups in total. The summed E-state index contributed by atoms with van der Waals surface area (Å²) in [7, 11) is 0. The maximum absolute atomic E-state index is 13.7. The molecule has 0 aliphatic rings. The molecular formula is C47H39Cl2F3N2O7. The number of hydrogen-bond donors (Lipinski definition) is 3. The van der Waals surface area contributed by atoms with Gasteiger partial charge in [-0.05, 0) is 102 Å². The molecule has 314 valence electrons. The summed E-state index contributed by atoms with van der Waals surface area (Å²) in [5.41, 5.74) is 5.73. The number of alkyl halides is 3. The third kappa shape index (κ3) is 10.5. The van der Waals surface area contributed by atoms with Gasteiger partial charge in [-0.1, -0.05) is 83.9 Å². The molecule has 7 aromatic rings. The lowest BCUT2D eigenvalue weighted by atomic mass is 9.93. The van der Waals surface area contributed by atoms with Gasteiger partial charge in [-0.2, -0.15) is 13.2 Å². The second-order valence-electron chi connectivity index (χ2n) is 14.6. The normalized spacial score (nSPS) is 11.3. The number of rotatable bonds is 11. The van der Waals surface area contributed by atoms with E-state index >= 15 is 0 Å². The zero-order valence-corrected chi connectivity index (χ0v) is 34.6. The first-order chi connectivity index (χ1) is 28.9. The van der Waals surface area contributed by atoms with Crippen molar-refractivity contribution in [1.82, 2.24) is 9.55 Å². The maximum atomic E-state index is 13.7. The number of aryl methyl sites for hydroxylation is 3. The number of aromatic amines is 1. The van der Waals surface area contributed by atoms with Gasteiger partial charge < -0.3 is 24.5 Å². The van der Waals surface area contributed by atoms with Crippen molar-refractivity contribution in [3.63, 3.8) is 0 Å². The third-order valence-corrected chi connectivity index (χ3v) is 10.7. The number of ether oxygens (including phenoxy) is 1. The number of benzene rings is 5. The molecule has 7 rings (SSSR count). The number of carboxylic acid groups (broad SMARTS) is 2. The number of nitrogens with zero attached hydrogens (tertiary/aromatic N) is 1. The second kappa shape index (κ2) is 18.5. The Kier molecular flexibility index (Phi) is 13.4. The number of H-pyrrole nitrogens is 1. The van der Waals surface area contributed by atoms with Crippen LogP contribution in [0, 0.1) is 20.8 Å². The van der Waals surface area contributed by atoms with Crippen molar-refractivity contribution in [3.05, 3.63) is 190 Å². The van der Waals surface area contributed by atoms with Gasteiger partial charge in [0.25, 0.3) is 11.1 Å². The van der Waals surface area contributed by atoms with Gasteiger partial charge in [0.2, 0.25) is 0 Å². The molecule has 0 aliphatic heterocycles. The Bertz CT molecular complexity index is 2890. The first kappa shape index (κ1) is 44.2. The molecule has 61 heavy (non-hydrogen) atoms. The van der Waals surface area contributed by atoms with E-state index in [4.69, 9.17) is 33.0 Å². The standard InChI is InChI=1S/C27H24ClNO3.C20H15ClF3NO4/c1-17-12-21(15-25(30)31)26-18(2)23(14-19-8-10-22(28)11-9-19)27(32)29(24(26)13-17)16-20-6-4-3-5-7-20;1-10-14(6-11-2-4-13(21)5-3-11)19(28)25-15-7-12(20(22,23)24)8-16(18(10)15)29-9-17(26)27/h3-13H,14-16H2,1-2H3,(H,30,31);2-5,7-8H,6,9H2,1H3,(H,25,28)(H,26,27). The number of pyridine rings is 2. The molecule has 2 heterocycles. The molecule has 0 amide bonds. The Morgan fingerprint density at radius 2 is 1.30 bits per heavy atom. The summed E-state index contributed by atoms with van der Waals surface area (Å²) in [5, 5.41) is 20.6. The second-order valence-corrected chi connectivity index (χ2v) is 15.5. The SMILES string of the molecule is Cc1c(Cc2ccc(Cl)cc2)c(=O)[nH]c2cc(C(F)(F)F)cc(OCC(=O)O)c12.Cc1cc(CC(=O)O)c2c(C)c(Cc3ccc(Cl)cc3)c(=O)n(Cc3ccccc3)c2c1. The summed E-state index contributed by atoms with van der Waals surface area (Å²) in [4.78, 5) is 51.2. The Balaban J connectivity index is 0.000000205. The van der Waals surface area contributed by atoms with Gasteiger partial charge in [-0.3, -0.25) is 14.4 Å². The van der Waals surface area contributed by atoms with Gasteiger partial charge in [0.05, 0.1) is 29.6 Å². The Morgan fingerprint density at radius 1 is 0.721 bits per heavy atom. The molecule has 0 spiro atoms. The molecule has 9 nitrogen and oxygen atoms in total. The smallest absolute Gasteiger partial charge is 0.416 e. The predicted molar refractivity (Wildman–Crippen MR) is 231 cm³/mol. The summed E-state index contributed by atoms with van der Waals surface area (Å²) in [5.74, 6) is -2.49. The van der Waals surface area contributed by atoms with Crippen LogP contribution in [0.3, 0.4) is 0 Å². The Morgan fingerprint density at radius 3 is 1.85 bits per heavy atom. The van der Waals surface area contributed by atoms with Crippen molar-refractivity contribution >= 4 is 56.9 Å². The molecule has 0 atom stereocenters. The monoisotopic (exact) mass is 870 g/mol. The average molecular weight is 872 g/mol. The highest BCUT2D eigenvalue weighted by Gasteiger charge is 2.32. The molecular weight excluding hydrogens is 832 g/mol. The summed E-state index contributed by atoms with van der Waals surface area (Å²) < 4.78 is 46.6. The Labute approximate surface area is 357 Å². The zero-order chi connectivity index (χ0) is 44.2. The number of halogens is 5. The average Bonchev–Trinajstić information content (AvgIpc) is 3.19. The maximum Gasteiger partial charge on any atom is 0.416 e. The van der Waals surface area contributed by atoms with Gasteiger partial charge in [0, 0.05) is 44.8 Å². The van der Waals surface area contributed by atoms with Gasteiger partial charge in [0.15, 0.2) is 6.61 Å². The lowest BCUT2D eigenvalue weighted by molar-refractivity contribution is -0.139. The molecule has 5 aromatic carbocycles. The lowest BCUT2D eigenvalue weighted by Gasteiger charge is -2.19. The van der Waals surface area contributed by atoms with Gasteiger partial charge >= 0.3 is 18.1 Å². The molecule has 0 saturated heterocycles. The van der Waals surface area contributed by atoms with Gasteiger partial charge in [-0.15, -0.1) is 0 Å². The van der Waals surface area contributed by atoms with Crippen LogP contribution in [0.1, 0.15) is 55.6 Å². The molecule has 0 fully saturated rings. The van der Waals surface area contributed by atoms with Crippen molar-refractivity contribution < 1.29 is 37.7 Å². The van der Waals surface area contributed by atoms with Gasteiger partial charge in [0.1, 0.15) is 5.75 Å². The lowest BCUT2D eigenvalue weighted by Crippen LogP contribution is -2.27. The van der Waals surface area contributed by atoms with E-state index < -0.39 is 35.8 Å². The Hall–Kier alpha value is -6.37. The summed E-state index contributed by atoms with van der Waals surface area (Å²) >= 11 is 11.9. The van der Waals surface area contributed by atoms with E-state index in [-0.39, 0.29) is 35.1 Å². The fraction of sp³-hybridized carbons (Fsp3) is 0.191.